The smallest absolute Gasteiger partial charge is 0.0972 e. The summed E-state index contributed by atoms with van der Waals surface area (Å²) in [6.45, 7) is 2.01. The number of aromatic nitrogens is 3. The second-order valence-corrected chi connectivity index (χ2v) is 6.26. The van der Waals surface area contributed by atoms with Gasteiger partial charge in [0.05, 0.1) is 17.6 Å². The van der Waals surface area contributed by atoms with E-state index in [1.807, 2.05) is 52.5 Å². The molecule has 1 fully saturated rings. The van der Waals surface area contributed by atoms with E-state index >= 15 is 0 Å². The molecule has 2 aromatic heterocycles. The first-order valence-electron chi connectivity index (χ1n) is 7.14. The standard InChI is InChI=1S/C16H16N4S/c1-2-5-14(6-3-1)20-12-13(17-18-20)11-19-9-8-15(19)16-7-4-10-21-16/h1-7,10,12,15H,8-9,11H2/t15-/m1/s1. The largest absolute Gasteiger partial charge is 0.289 e. The summed E-state index contributed by atoms with van der Waals surface area (Å²) in [7, 11) is 0. The van der Waals surface area contributed by atoms with Gasteiger partial charge in [-0.3, -0.25) is 4.90 Å². The molecule has 0 unspecified atom stereocenters. The van der Waals surface area contributed by atoms with Crippen LogP contribution in [0.5, 0.6) is 0 Å². The van der Waals surface area contributed by atoms with E-state index in [1.165, 1.54) is 11.3 Å². The first-order chi connectivity index (χ1) is 10.4. The normalized spacial score (nSPS) is 18.6. The van der Waals surface area contributed by atoms with E-state index in [-0.39, 0.29) is 0 Å². The maximum Gasteiger partial charge on any atom is 0.0972 e. The molecule has 106 valence electrons. The third-order valence-corrected chi connectivity index (χ3v) is 4.90. The van der Waals surface area contributed by atoms with Gasteiger partial charge in [0.2, 0.25) is 0 Å². The topological polar surface area (TPSA) is 34.0 Å². The second kappa shape index (κ2) is 5.42. The molecular weight excluding hydrogens is 280 g/mol. The van der Waals surface area contributed by atoms with Crippen molar-refractivity contribution in [2.24, 2.45) is 0 Å². The molecule has 21 heavy (non-hydrogen) atoms. The summed E-state index contributed by atoms with van der Waals surface area (Å²) in [5.74, 6) is 0. The van der Waals surface area contributed by atoms with Crippen LogP contribution in [0.25, 0.3) is 5.69 Å². The predicted molar refractivity (Wildman–Crippen MR) is 83.4 cm³/mol. The number of thiophene rings is 1. The average molecular weight is 296 g/mol. The first kappa shape index (κ1) is 12.7. The predicted octanol–water partition coefficient (Wildman–Crippen LogP) is 3.28. The Morgan fingerprint density at radius 1 is 1.14 bits per heavy atom. The number of hydrogen-bond donors (Lipinski definition) is 0. The Morgan fingerprint density at radius 3 is 2.76 bits per heavy atom. The molecule has 5 heteroatoms. The molecule has 0 amide bonds. The second-order valence-electron chi connectivity index (χ2n) is 5.28. The van der Waals surface area contributed by atoms with E-state index in [9.17, 15) is 0 Å². The molecule has 3 aromatic rings. The van der Waals surface area contributed by atoms with Crippen LogP contribution in [0.4, 0.5) is 0 Å². The third kappa shape index (κ3) is 2.50. The van der Waals surface area contributed by atoms with Gasteiger partial charge in [-0.25, -0.2) is 4.68 Å². The summed E-state index contributed by atoms with van der Waals surface area (Å²) in [5.41, 5.74) is 2.08. The summed E-state index contributed by atoms with van der Waals surface area (Å²) in [6.07, 6.45) is 3.27. The quantitative estimate of drug-likeness (QED) is 0.741. The highest BCUT2D eigenvalue weighted by Crippen LogP contribution is 2.36. The van der Waals surface area contributed by atoms with Crippen molar-refractivity contribution in [2.45, 2.75) is 19.0 Å². The van der Waals surface area contributed by atoms with Gasteiger partial charge in [-0.05, 0) is 30.0 Å². The molecular formula is C16H16N4S. The van der Waals surface area contributed by atoms with Crippen molar-refractivity contribution in [3.05, 3.63) is 64.6 Å². The molecule has 0 aliphatic carbocycles. The van der Waals surface area contributed by atoms with Crippen molar-refractivity contribution in [3.63, 3.8) is 0 Å². The van der Waals surface area contributed by atoms with Crippen LogP contribution in [0.3, 0.4) is 0 Å². The fraction of sp³-hybridized carbons (Fsp3) is 0.250. The summed E-state index contributed by atoms with van der Waals surface area (Å²) in [4.78, 5) is 3.92. The molecule has 1 aromatic carbocycles. The van der Waals surface area contributed by atoms with Gasteiger partial charge in [-0.15, -0.1) is 16.4 Å². The van der Waals surface area contributed by atoms with Crippen molar-refractivity contribution < 1.29 is 0 Å². The maximum atomic E-state index is 4.30. The summed E-state index contributed by atoms with van der Waals surface area (Å²) in [5, 5.41) is 10.7. The van der Waals surface area contributed by atoms with Crippen molar-refractivity contribution in [2.75, 3.05) is 6.54 Å². The molecule has 0 N–H and O–H groups in total. The summed E-state index contributed by atoms with van der Waals surface area (Å²) < 4.78 is 1.84. The van der Waals surface area contributed by atoms with Crippen LogP contribution < -0.4 is 0 Å². The van der Waals surface area contributed by atoms with E-state index < -0.39 is 0 Å². The highest BCUT2D eigenvalue weighted by Gasteiger charge is 2.30. The van der Waals surface area contributed by atoms with Gasteiger partial charge >= 0.3 is 0 Å². The number of benzene rings is 1. The van der Waals surface area contributed by atoms with Crippen LogP contribution in [-0.2, 0) is 6.54 Å². The molecule has 1 saturated heterocycles. The molecule has 3 heterocycles. The van der Waals surface area contributed by atoms with Gasteiger partial charge in [0.25, 0.3) is 0 Å². The zero-order chi connectivity index (χ0) is 14.1. The molecule has 1 aliphatic heterocycles. The van der Waals surface area contributed by atoms with Gasteiger partial charge in [0.1, 0.15) is 0 Å². The first-order valence-corrected chi connectivity index (χ1v) is 8.02. The van der Waals surface area contributed by atoms with Gasteiger partial charge in [-0.1, -0.05) is 29.5 Å². The zero-order valence-corrected chi connectivity index (χ0v) is 12.4. The summed E-state index contributed by atoms with van der Waals surface area (Å²) >= 11 is 1.84. The van der Waals surface area contributed by atoms with Gasteiger partial charge in [0, 0.05) is 24.0 Å². The number of hydrogen-bond acceptors (Lipinski definition) is 4. The highest BCUT2D eigenvalue weighted by molar-refractivity contribution is 7.10. The minimum absolute atomic E-state index is 0.562. The fourth-order valence-electron chi connectivity index (χ4n) is 2.72. The number of rotatable bonds is 4. The lowest BCUT2D eigenvalue weighted by Gasteiger charge is -2.39. The molecule has 0 radical (unpaired) electrons. The molecule has 0 spiro atoms. The minimum Gasteiger partial charge on any atom is -0.289 e. The van der Waals surface area contributed by atoms with Crippen molar-refractivity contribution in [1.82, 2.24) is 19.9 Å². The van der Waals surface area contributed by atoms with Crippen molar-refractivity contribution >= 4 is 11.3 Å². The van der Waals surface area contributed by atoms with E-state index in [0.717, 1.165) is 24.5 Å². The number of nitrogens with zero attached hydrogens (tertiary/aromatic N) is 4. The van der Waals surface area contributed by atoms with Crippen LogP contribution >= 0.6 is 11.3 Å². The van der Waals surface area contributed by atoms with Gasteiger partial charge < -0.3 is 0 Å². The number of likely N-dealkylation sites (tertiary alicyclic amines) is 1. The van der Waals surface area contributed by atoms with E-state index in [1.54, 1.807) is 0 Å². The Bertz CT molecular complexity index is 705. The Morgan fingerprint density at radius 2 is 2.05 bits per heavy atom. The van der Waals surface area contributed by atoms with Gasteiger partial charge in [0.15, 0.2) is 0 Å². The molecule has 4 nitrogen and oxygen atoms in total. The fourth-order valence-corrected chi connectivity index (χ4v) is 3.61. The molecule has 1 aliphatic rings. The molecule has 4 rings (SSSR count). The van der Waals surface area contributed by atoms with Crippen molar-refractivity contribution in [1.29, 1.82) is 0 Å². The zero-order valence-electron chi connectivity index (χ0n) is 11.6. The third-order valence-electron chi connectivity index (χ3n) is 3.93. The van der Waals surface area contributed by atoms with Crippen LogP contribution in [0.15, 0.2) is 54.0 Å². The van der Waals surface area contributed by atoms with Crippen LogP contribution in [0.2, 0.25) is 0 Å². The average Bonchev–Trinajstić information content (AvgIpc) is 3.16. The highest BCUT2D eigenvalue weighted by atomic mass is 32.1. The Hall–Kier alpha value is -1.98. The van der Waals surface area contributed by atoms with Crippen LogP contribution in [0, 0.1) is 0 Å². The Labute approximate surface area is 127 Å². The maximum absolute atomic E-state index is 4.30. The van der Waals surface area contributed by atoms with Crippen LogP contribution in [0.1, 0.15) is 23.0 Å². The monoisotopic (exact) mass is 296 g/mol. The lowest BCUT2D eigenvalue weighted by Crippen LogP contribution is -2.39. The Balaban J connectivity index is 1.48. The molecule has 1 atom stereocenters. The lowest BCUT2D eigenvalue weighted by molar-refractivity contribution is 0.0830. The molecule has 0 bridgehead atoms. The van der Waals surface area contributed by atoms with E-state index in [0.29, 0.717) is 6.04 Å². The SMILES string of the molecule is c1ccc(-n2cc(CN3CC[C@@H]3c3cccs3)nn2)cc1. The van der Waals surface area contributed by atoms with E-state index in [4.69, 9.17) is 0 Å². The van der Waals surface area contributed by atoms with Crippen LogP contribution in [-0.4, -0.2) is 26.4 Å². The minimum atomic E-state index is 0.562. The van der Waals surface area contributed by atoms with E-state index in [2.05, 4.69) is 32.7 Å². The lowest BCUT2D eigenvalue weighted by atomic mass is 10.0. The molecule has 0 saturated carbocycles. The summed E-state index contributed by atoms with van der Waals surface area (Å²) in [6, 6.07) is 15.0. The van der Waals surface area contributed by atoms with Crippen molar-refractivity contribution in [3.8, 4) is 5.69 Å². The Kier molecular flexibility index (Phi) is 3.29. The van der Waals surface area contributed by atoms with Gasteiger partial charge in [-0.2, -0.15) is 0 Å². The number of para-hydroxylation sites is 1.